The van der Waals surface area contributed by atoms with E-state index in [1.54, 1.807) is 12.1 Å². The highest BCUT2D eigenvalue weighted by Gasteiger charge is 2.22. The Hall–Kier alpha value is -0.650. The standard InChI is InChI=1S/C16H23BrFNO2/c1-11-5-2-3-8-15(11)21-10-12(20)9-19-16-13(17)6-4-7-14(16)18/h4,6-7,11-12,15,19-20H,2-3,5,8-10H2,1H3. The molecule has 5 heteroatoms. The Balaban J connectivity index is 1.76. The average Bonchev–Trinajstić information content (AvgIpc) is 2.46. The predicted octanol–water partition coefficient (Wildman–Crippen LogP) is 3.96. The number of hydrogen-bond acceptors (Lipinski definition) is 3. The molecule has 1 saturated carbocycles. The number of halogens is 2. The van der Waals surface area contributed by atoms with E-state index in [2.05, 4.69) is 28.2 Å². The van der Waals surface area contributed by atoms with Crippen LogP contribution in [0.4, 0.5) is 10.1 Å². The van der Waals surface area contributed by atoms with Crippen LogP contribution in [0, 0.1) is 11.7 Å². The summed E-state index contributed by atoms with van der Waals surface area (Å²) in [6.45, 7) is 2.75. The van der Waals surface area contributed by atoms with Gasteiger partial charge in [-0.1, -0.05) is 25.8 Å². The van der Waals surface area contributed by atoms with E-state index in [0.717, 1.165) is 6.42 Å². The molecule has 3 unspecified atom stereocenters. The lowest BCUT2D eigenvalue weighted by molar-refractivity contribution is -0.0424. The fourth-order valence-electron chi connectivity index (χ4n) is 2.71. The zero-order valence-electron chi connectivity index (χ0n) is 12.3. The summed E-state index contributed by atoms with van der Waals surface area (Å²) >= 11 is 3.29. The average molecular weight is 360 g/mol. The van der Waals surface area contributed by atoms with Crippen LogP contribution in [0.5, 0.6) is 0 Å². The second-order valence-corrected chi connectivity index (χ2v) is 6.62. The molecule has 0 amide bonds. The molecule has 0 radical (unpaired) electrons. The summed E-state index contributed by atoms with van der Waals surface area (Å²) in [5.74, 6) is 0.220. The first kappa shape index (κ1) is 16.7. The minimum atomic E-state index is -0.648. The van der Waals surface area contributed by atoms with Crippen molar-refractivity contribution in [3.63, 3.8) is 0 Å². The van der Waals surface area contributed by atoms with Gasteiger partial charge in [0, 0.05) is 11.0 Å². The lowest BCUT2D eigenvalue weighted by Gasteiger charge is -2.29. The minimum absolute atomic E-state index is 0.244. The largest absolute Gasteiger partial charge is 0.389 e. The molecule has 2 N–H and O–H groups in total. The number of nitrogens with one attached hydrogen (secondary N) is 1. The summed E-state index contributed by atoms with van der Waals surface area (Å²) < 4.78 is 20.1. The number of hydrogen-bond donors (Lipinski definition) is 2. The number of benzene rings is 1. The molecule has 1 aromatic rings. The number of aliphatic hydroxyl groups excluding tert-OH is 1. The summed E-state index contributed by atoms with van der Waals surface area (Å²) in [6, 6.07) is 4.78. The van der Waals surface area contributed by atoms with Gasteiger partial charge < -0.3 is 15.2 Å². The van der Waals surface area contributed by atoms with Crippen molar-refractivity contribution in [3.05, 3.63) is 28.5 Å². The van der Waals surface area contributed by atoms with Gasteiger partial charge in [-0.15, -0.1) is 0 Å². The maximum absolute atomic E-state index is 13.6. The minimum Gasteiger partial charge on any atom is -0.389 e. The molecule has 3 nitrogen and oxygen atoms in total. The number of rotatable bonds is 6. The monoisotopic (exact) mass is 359 g/mol. The first-order valence-corrected chi connectivity index (χ1v) is 8.34. The maximum Gasteiger partial charge on any atom is 0.147 e. The zero-order valence-corrected chi connectivity index (χ0v) is 13.9. The highest BCUT2D eigenvalue weighted by Crippen LogP contribution is 2.27. The Morgan fingerprint density at radius 3 is 2.90 bits per heavy atom. The summed E-state index contributed by atoms with van der Waals surface area (Å²) in [5.41, 5.74) is 0.377. The maximum atomic E-state index is 13.6. The predicted molar refractivity (Wildman–Crippen MR) is 86.0 cm³/mol. The Kier molecular flexibility index (Phi) is 6.45. The van der Waals surface area contributed by atoms with Crippen LogP contribution in [-0.2, 0) is 4.74 Å². The SMILES string of the molecule is CC1CCCCC1OCC(O)CNc1c(F)cccc1Br. The van der Waals surface area contributed by atoms with Crippen molar-refractivity contribution in [2.24, 2.45) is 5.92 Å². The lowest BCUT2D eigenvalue weighted by Crippen LogP contribution is -2.32. The Bertz CT molecular complexity index is 438. The van der Waals surface area contributed by atoms with E-state index >= 15 is 0 Å². The molecule has 0 aliphatic heterocycles. The molecule has 1 aliphatic carbocycles. The Morgan fingerprint density at radius 2 is 2.19 bits per heavy atom. The fourth-order valence-corrected chi connectivity index (χ4v) is 3.19. The first-order valence-electron chi connectivity index (χ1n) is 7.55. The topological polar surface area (TPSA) is 41.5 Å². The van der Waals surface area contributed by atoms with Crippen molar-refractivity contribution in [1.82, 2.24) is 0 Å². The third kappa shape index (κ3) is 4.94. The van der Waals surface area contributed by atoms with Crippen molar-refractivity contribution in [2.45, 2.75) is 44.8 Å². The van der Waals surface area contributed by atoms with Crippen LogP contribution in [-0.4, -0.2) is 30.5 Å². The molecule has 21 heavy (non-hydrogen) atoms. The number of ether oxygens (including phenoxy) is 1. The number of aliphatic hydroxyl groups is 1. The summed E-state index contributed by atoms with van der Waals surface area (Å²) in [7, 11) is 0. The van der Waals surface area contributed by atoms with Gasteiger partial charge in [0.2, 0.25) is 0 Å². The third-order valence-electron chi connectivity index (χ3n) is 4.01. The van der Waals surface area contributed by atoms with Crippen LogP contribution in [0.1, 0.15) is 32.6 Å². The van der Waals surface area contributed by atoms with Crippen molar-refractivity contribution in [3.8, 4) is 0 Å². The quantitative estimate of drug-likeness (QED) is 0.807. The second kappa shape index (κ2) is 8.11. The van der Waals surface area contributed by atoms with E-state index in [4.69, 9.17) is 4.74 Å². The van der Waals surface area contributed by atoms with E-state index in [9.17, 15) is 9.50 Å². The van der Waals surface area contributed by atoms with Crippen LogP contribution in [0.2, 0.25) is 0 Å². The summed E-state index contributed by atoms with van der Waals surface area (Å²) in [4.78, 5) is 0. The molecular weight excluding hydrogens is 337 g/mol. The fraction of sp³-hybridized carbons (Fsp3) is 0.625. The molecule has 0 aromatic heterocycles. The van der Waals surface area contributed by atoms with E-state index in [1.165, 1.54) is 25.3 Å². The van der Waals surface area contributed by atoms with Crippen molar-refractivity contribution < 1.29 is 14.2 Å². The highest BCUT2D eigenvalue weighted by atomic mass is 79.9. The van der Waals surface area contributed by atoms with Gasteiger partial charge in [-0.2, -0.15) is 0 Å². The number of para-hydroxylation sites is 1. The summed E-state index contributed by atoms with van der Waals surface area (Å²) in [5, 5.41) is 12.9. The van der Waals surface area contributed by atoms with Crippen LogP contribution in [0.25, 0.3) is 0 Å². The molecule has 1 aliphatic rings. The van der Waals surface area contributed by atoms with Gasteiger partial charge in [-0.25, -0.2) is 4.39 Å². The molecule has 1 fully saturated rings. The molecule has 2 rings (SSSR count). The third-order valence-corrected chi connectivity index (χ3v) is 4.67. The highest BCUT2D eigenvalue weighted by molar-refractivity contribution is 9.10. The van der Waals surface area contributed by atoms with Crippen molar-refractivity contribution >= 4 is 21.6 Å². The first-order chi connectivity index (χ1) is 10.1. The molecule has 1 aromatic carbocycles. The number of anilines is 1. The van der Waals surface area contributed by atoms with E-state index in [0.29, 0.717) is 16.1 Å². The van der Waals surface area contributed by atoms with Crippen LogP contribution < -0.4 is 5.32 Å². The van der Waals surface area contributed by atoms with Crippen molar-refractivity contribution in [1.29, 1.82) is 0 Å². The molecule has 0 saturated heterocycles. The van der Waals surface area contributed by atoms with Gasteiger partial charge in [-0.05, 0) is 46.8 Å². The Morgan fingerprint density at radius 1 is 1.43 bits per heavy atom. The van der Waals surface area contributed by atoms with Crippen LogP contribution >= 0.6 is 15.9 Å². The normalized spacial score (nSPS) is 23.8. The van der Waals surface area contributed by atoms with Gasteiger partial charge in [-0.3, -0.25) is 0 Å². The lowest BCUT2D eigenvalue weighted by atomic mass is 9.88. The van der Waals surface area contributed by atoms with Gasteiger partial charge >= 0.3 is 0 Å². The van der Waals surface area contributed by atoms with Gasteiger partial charge in [0.25, 0.3) is 0 Å². The smallest absolute Gasteiger partial charge is 0.147 e. The summed E-state index contributed by atoms with van der Waals surface area (Å²) in [6.07, 6.45) is 4.33. The van der Waals surface area contributed by atoms with Crippen LogP contribution in [0.3, 0.4) is 0 Å². The molecule has 3 atom stereocenters. The molecule has 0 heterocycles. The van der Waals surface area contributed by atoms with Gasteiger partial charge in [0.1, 0.15) is 5.82 Å². The molecule has 0 bridgehead atoms. The van der Waals surface area contributed by atoms with E-state index in [1.807, 2.05) is 0 Å². The van der Waals surface area contributed by atoms with E-state index in [-0.39, 0.29) is 25.1 Å². The molecular formula is C16H23BrFNO2. The van der Waals surface area contributed by atoms with Gasteiger partial charge in [0.15, 0.2) is 0 Å². The molecule has 0 spiro atoms. The molecule has 118 valence electrons. The van der Waals surface area contributed by atoms with E-state index < -0.39 is 6.10 Å². The van der Waals surface area contributed by atoms with Crippen molar-refractivity contribution in [2.75, 3.05) is 18.5 Å². The van der Waals surface area contributed by atoms with Gasteiger partial charge in [0.05, 0.1) is 24.5 Å². The second-order valence-electron chi connectivity index (χ2n) is 5.76. The zero-order chi connectivity index (χ0) is 15.2. The van der Waals surface area contributed by atoms with Crippen LogP contribution in [0.15, 0.2) is 22.7 Å². The Labute approximate surface area is 134 Å².